The van der Waals surface area contributed by atoms with Crippen molar-refractivity contribution < 1.29 is 9.53 Å². The minimum absolute atomic E-state index is 0.166. The molecular formula is C13H22N2O2S. The third kappa shape index (κ3) is 3.13. The summed E-state index contributed by atoms with van der Waals surface area (Å²) in [7, 11) is 1.44. The summed E-state index contributed by atoms with van der Waals surface area (Å²) >= 11 is 5.45. The van der Waals surface area contributed by atoms with Gasteiger partial charge in [0.15, 0.2) is 5.11 Å². The fraction of sp³-hybridized carbons (Fsp3) is 0.846. The molecule has 1 heterocycles. The molecular weight excluding hydrogens is 248 g/mol. The van der Waals surface area contributed by atoms with E-state index in [1.165, 1.54) is 39.2 Å². The maximum Gasteiger partial charge on any atom is 0.328 e. The lowest BCUT2D eigenvalue weighted by Crippen LogP contribution is -2.49. The number of rotatable bonds is 2. The van der Waals surface area contributed by atoms with Crippen molar-refractivity contribution in [3.8, 4) is 0 Å². The number of carbonyl (C=O) groups is 1. The molecule has 0 spiro atoms. The highest BCUT2D eigenvalue weighted by Gasteiger charge is 2.33. The van der Waals surface area contributed by atoms with Crippen LogP contribution >= 0.6 is 12.2 Å². The van der Waals surface area contributed by atoms with Crippen LogP contribution in [0.25, 0.3) is 0 Å². The van der Waals surface area contributed by atoms with Crippen molar-refractivity contribution >= 4 is 23.3 Å². The summed E-state index contributed by atoms with van der Waals surface area (Å²) in [5, 5.41) is 4.15. The minimum atomic E-state index is -0.182. The van der Waals surface area contributed by atoms with Crippen molar-refractivity contribution in [2.75, 3.05) is 13.7 Å². The summed E-state index contributed by atoms with van der Waals surface area (Å²) in [6.07, 6.45) is 8.13. The zero-order valence-corrected chi connectivity index (χ0v) is 11.8. The molecule has 0 aromatic rings. The molecule has 2 rings (SSSR count). The van der Waals surface area contributed by atoms with Crippen LogP contribution in [0.5, 0.6) is 0 Å². The average molecular weight is 270 g/mol. The zero-order chi connectivity index (χ0) is 13.0. The number of ether oxygens (including phenoxy) is 1. The largest absolute Gasteiger partial charge is 0.467 e. The van der Waals surface area contributed by atoms with Gasteiger partial charge in [-0.2, -0.15) is 0 Å². The summed E-state index contributed by atoms with van der Waals surface area (Å²) < 4.78 is 4.84. The summed E-state index contributed by atoms with van der Waals surface area (Å²) in [5.41, 5.74) is 0. The highest BCUT2D eigenvalue weighted by molar-refractivity contribution is 7.80. The Labute approximate surface area is 114 Å². The number of nitrogens with zero attached hydrogens (tertiary/aromatic N) is 1. The molecule has 2 aliphatic rings. The summed E-state index contributed by atoms with van der Waals surface area (Å²) in [6.45, 7) is 0.859. The van der Waals surface area contributed by atoms with Gasteiger partial charge in [0.25, 0.3) is 0 Å². The number of esters is 1. The van der Waals surface area contributed by atoms with Gasteiger partial charge in [-0.1, -0.05) is 19.3 Å². The molecule has 0 aromatic heterocycles. The number of carbonyl (C=O) groups excluding carboxylic acids is 1. The molecule has 1 aliphatic heterocycles. The van der Waals surface area contributed by atoms with E-state index in [1.54, 1.807) is 0 Å². The first-order valence-corrected chi connectivity index (χ1v) is 7.28. The van der Waals surface area contributed by atoms with Crippen LogP contribution in [0, 0.1) is 0 Å². The van der Waals surface area contributed by atoms with Crippen LogP contribution in [0.1, 0.15) is 44.9 Å². The number of nitrogens with one attached hydrogen (secondary N) is 1. The molecule has 0 aromatic carbocycles. The van der Waals surface area contributed by atoms with Gasteiger partial charge >= 0.3 is 5.97 Å². The second-order valence-electron chi connectivity index (χ2n) is 5.16. The predicted octanol–water partition coefficient (Wildman–Crippen LogP) is 1.83. The van der Waals surface area contributed by atoms with Gasteiger partial charge in [0.2, 0.25) is 0 Å². The first-order valence-electron chi connectivity index (χ1n) is 6.87. The number of hydrogen-bond donors (Lipinski definition) is 1. The molecule has 5 heteroatoms. The quantitative estimate of drug-likeness (QED) is 0.612. The first kappa shape index (κ1) is 13.6. The van der Waals surface area contributed by atoms with E-state index in [2.05, 4.69) is 5.32 Å². The Kier molecular flexibility index (Phi) is 4.80. The summed E-state index contributed by atoms with van der Waals surface area (Å²) in [6, 6.07) is 0.309. The smallest absolute Gasteiger partial charge is 0.328 e. The Morgan fingerprint density at radius 2 is 1.94 bits per heavy atom. The molecule has 0 bridgehead atoms. The van der Waals surface area contributed by atoms with Crippen molar-refractivity contribution in [1.29, 1.82) is 0 Å². The van der Waals surface area contributed by atoms with Crippen molar-refractivity contribution in [1.82, 2.24) is 10.2 Å². The van der Waals surface area contributed by atoms with Crippen LogP contribution in [-0.4, -0.2) is 41.7 Å². The highest BCUT2D eigenvalue weighted by atomic mass is 32.1. The van der Waals surface area contributed by atoms with Gasteiger partial charge in [-0.3, -0.25) is 0 Å². The Balaban J connectivity index is 1.89. The number of methoxy groups -OCH3 is 1. The van der Waals surface area contributed by atoms with Crippen molar-refractivity contribution in [2.24, 2.45) is 0 Å². The monoisotopic (exact) mass is 270 g/mol. The maximum absolute atomic E-state index is 11.7. The molecule has 0 amide bonds. The molecule has 1 atom stereocenters. The Morgan fingerprint density at radius 1 is 1.22 bits per heavy atom. The van der Waals surface area contributed by atoms with E-state index in [1.807, 2.05) is 4.90 Å². The fourth-order valence-electron chi connectivity index (χ4n) is 2.90. The molecule has 2 fully saturated rings. The van der Waals surface area contributed by atoms with Gasteiger partial charge < -0.3 is 15.0 Å². The van der Waals surface area contributed by atoms with Crippen LogP contribution in [0.3, 0.4) is 0 Å². The molecule has 102 valence electrons. The normalized spacial score (nSPS) is 24.9. The lowest BCUT2D eigenvalue weighted by atomic mass is 9.96. The van der Waals surface area contributed by atoms with E-state index in [4.69, 9.17) is 17.0 Å². The van der Waals surface area contributed by atoms with E-state index >= 15 is 0 Å². The number of hydrogen-bond acceptors (Lipinski definition) is 3. The standard InChI is InChI=1S/C13H22N2O2S/c1-17-12(16)11-8-5-9-15(11)13(18)14-10-6-3-2-4-7-10/h10-11H,2-9H2,1H3,(H,14,18). The van der Waals surface area contributed by atoms with Gasteiger partial charge in [0.05, 0.1) is 7.11 Å². The third-order valence-electron chi connectivity index (χ3n) is 3.92. The first-order chi connectivity index (χ1) is 8.72. The maximum atomic E-state index is 11.7. The molecule has 4 nitrogen and oxygen atoms in total. The minimum Gasteiger partial charge on any atom is -0.467 e. The topological polar surface area (TPSA) is 41.6 Å². The zero-order valence-electron chi connectivity index (χ0n) is 11.0. The number of thiocarbonyl (C=S) groups is 1. The molecule has 18 heavy (non-hydrogen) atoms. The third-order valence-corrected chi connectivity index (χ3v) is 4.27. The van der Waals surface area contributed by atoms with Crippen molar-refractivity contribution in [3.63, 3.8) is 0 Å². The van der Waals surface area contributed by atoms with Crippen LogP contribution < -0.4 is 5.32 Å². The van der Waals surface area contributed by atoms with Crippen LogP contribution in [0.2, 0.25) is 0 Å². The van der Waals surface area contributed by atoms with E-state index in [-0.39, 0.29) is 12.0 Å². The van der Waals surface area contributed by atoms with Crippen molar-refractivity contribution in [3.05, 3.63) is 0 Å². The lowest BCUT2D eigenvalue weighted by Gasteiger charge is -2.30. The Hall–Kier alpha value is -0.840. The summed E-state index contributed by atoms with van der Waals surface area (Å²) in [4.78, 5) is 13.7. The lowest BCUT2D eigenvalue weighted by molar-refractivity contribution is -0.144. The van der Waals surface area contributed by atoms with Crippen molar-refractivity contribution in [2.45, 2.75) is 57.0 Å². The van der Waals surface area contributed by atoms with E-state index < -0.39 is 0 Å². The average Bonchev–Trinajstić information content (AvgIpc) is 2.88. The van der Waals surface area contributed by atoms with Gasteiger partial charge in [-0.25, -0.2) is 4.79 Å². The molecule has 0 radical (unpaired) electrons. The van der Waals surface area contributed by atoms with Gasteiger partial charge in [-0.05, 0) is 37.9 Å². The Bertz CT molecular complexity index is 316. The predicted molar refractivity (Wildman–Crippen MR) is 74.4 cm³/mol. The SMILES string of the molecule is COC(=O)C1CCCN1C(=S)NC1CCCCC1. The molecule has 1 unspecified atom stereocenters. The van der Waals surface area contributed by atoms with Crippen LogP contribution in [0.15, 0.2) is 0 Å². The van der Waals surface area contributed by atoms with E-state index in [9.17, 15) is 4.79 Å². The van der Waals surface area contributed by atoms with Crippen LogP contribution in [-0.2, 0) is 9.53 Å². The molecule has 1 N–H and O–H groups in total. The van der Waals surface area contributed by atoms with Crippen LogP contribution in [0.4, 0.5) is 0 Å². The molecule has 1 saturated carbocycles. The molecule has 1 aliphatic carbocycles. The second kappa shape index (κ2) is 6.36. The van der Waals surface area contributed by atoms with E-state index in [0.29, 0.717) is 6.04 Å². The second-order valence-corrected chi connectivity index (χ2v) is 5.55. The summed E-state index contributed by atoms with van der Waals surface area (Å²) in [5.74, 6) is -0.166. The fourth-order valence-corrected chi connectivity index (χ4v) is 3.28. The molecule has 1 saturated heterocycles. The van der Waals surface area contributed by atoms with E-state index in [0.717, 1.165) is 24.5 Å². The van der Waals surface area contributed by atoms with Gasteiger partial charge in [0.1, 0.15) is 6.04 Å². The highest BCUT2D eigenvalue weighted by Crippen LogP contribution is 2.21. The van der Waals surface area contributed by atoms with Gasteiger partial charge in [0, 0.05) is 12.6 Å². The Morgan fingerprint density at radius 3 is 2.61 bits per heavy atom. The number of likely N-dealkylation sites (tertiary alicyclic amines) is 1. The van der Waals surface area contributed by atoms with Gasteiger partial charge in [-0.15, -0.1) is 0 Å².